The lowest BCUT2D eigenvalue weighted by Crippen LogP contribution is -2.12. The lowest BCUT2D eigenvalue weighted by Gasteiger charge is -2.06. The molecule has 18 heavy (non-hydrogen) atoms. The number of nitrogens with zero attached hydrogens (tertiary/aromatic N) is 1. The third-order valence-electron chi connectivity index (χ3n) is 2.48. The molecule has 0 saturated heterocycles. The van der Waals surface area contributed by atoms with E-state index in [9.17, 15) is 9.59 Å². The first-order chi connectivity index (χ1) is 8.59. The first kappa shape index (κ1) is 11.8. The van der Waals surface area contributed by atoms with Crippen molar-refractivity contribution in [1.29, 1.82) is 0 Å². The van der Waals surface area contributed by atoms with Gasteiger partial charge in [-0.1, -0.05) is 6.07 Å². The molecular weight excluding hydrogens is 232 g/mol. The van der Waals surface area contributed by atoms with Crippen LogP contribution in [0.1, 0.15) is 20.7 Å². The molecule has 0 saturated carbocycles. The number of nitrogens with two attached hydrogens (primary N) is 1. The molecule has 0 fully saturated rings. The molecule has 0 aliphatic carbocycles. The van der Waals surface area contributed by atoms with Gasteiger partial charge in [0.15, 0.2) is 0 Å². The van der Waals surface area contributed by atoms with E-state index in [0.717, 1.165) is 0 Å². The van der Waals surface area contributed by atoms with Crippen LogP contribution in [0.2, 0.25) is 0 Å². The SMILES string of the molecule is NC(=O)c1ccc(C(=O)O)c(-c2ccccn2)c1. The van der Waals surface area contributed by atoms with Crippen molar-refractivity contribution >= 4 is 11.9 Å². The van der Waals surface area contributed by atoms with Crippen LogP contribution in [0.4, 0.5) is 0 Å². The minimum absolute atomic E-state index is 0.0821. The molecule has 0 bridgehead atoms. The Labute approximate surface area is 103 Å². The van der Waals surface area contributed by atoms with Crippen molar-refractivity contribution in [2.75, 3.05) is 0 Å². The standard InChI is InChI=1S/C13H10N2O3/c14-12(16)8-4-5-9(13(17)18)10(7-8)11-3-1-2-6-15-11/h1-7H,(H2,14,16)(H,17,18). The number of carbonyl (C=O) groups is 2. The lowest BCUT2D eigenvalue weighted by atomic mass is 10.0. The Balaban J connectivity index is 2.65. The molecule has 0 aliphatic heterocycles. The molecule has 5 nitrogen and oxygen atoms in total. The van der Waals surface area contributed by atoms with Crippen molar-refractivity contribution in [3.63, 3.8) is 0 Å². The molecule has 1 aromatic heterocycles. The maximum atomic E-state index is 11.1. The number of hydrogen-bond acceptors (Lipinski definition) is 3. The second kappa shape index (κ2) is 4.67. The minimum Gasteiger partial charge on any atom is -0.478 e. The number of aromatic carboxylic acids is 1. The second-order valence-corrected chi connectivity index (χ2v) is 3.64. The number of aromatic nitrogens is 1. The van der Waals surface area contributed by atoms with Gasteiger partial charge in [-0.15, -0.1) is 0 Å². The summed E-state index contributed by atoms with van der Waals surface area (Å²) in [7, 11) is 0. The minimum atomic E-state index is -1.08. The summed E-state index contributed by atoms with van der Waals surface area (Å²) < 4.78 is 0. The van der Waals surface area contributed by atoms with Crippen LogP contribution >= 0.6 is 0 Å². The lowest BCUT2D eigenvalue weighted by molar-refractivity contribution is 0.0697. The fraction of sp³-hybridized carbons (Fsp3) is 0. The predicted octanol–water partition coefficient (Wildman–Crippen LogP) is 1.55. The van der Waals surface area contributed by atoms with Crippen LogP contribution in [0.5, 0.6) is 0 Å². The average molecular weight is 242 g/mol. The number of primary amides is 1. The Morgan fingerprint density at radius 1 is 1.17 bits per heavy atom. The van der Waals surface area contributed by atoms with E-state index in [-0.39, 0.29) is 11.1 Å². The van der Waals surface area contributed by atoms with Crippen molar-refractivity contribution in [1.82, 2.24) is 4.98 Å². The van der Waals surface area contributed by atoms with E-state index >= 15 is 0 Å². The number of carboxylic acid groups (broad SMARTS) is 1. The zero-order valence-corrected chi connectivity index (χ0v) is 9.33. The highest BCUT2D eigenvalue weighted by molar-refractivity contribution is 6.00. The number of carboxylic acids is 1. The highest BCUT2D eigenvalue weighted by atomic mass is 16.4. The predicted molar refractivity (Wildman–Crippen MR) is 65.2 cm³/mol. The molecule has 0 atom stereocenters. The monoisotopic (exact) mass is 242 g/mol. The van der Waals surface area contributed by atoms with Gasteiger partial charge in [0.25, 0.3) is 0 Å². The molecule has 2 rings (SSSR count). The Morgan fingerprint density at radius 3 is 2.50 bits per heavy atom. The number of amides is 1. The van der Waals surface area contributed by atoms with Crippen LogP contribution in [-0.2, 0) is 0 Å². The topological polar surface area (TPSA) is 93.3 Å². The van der Waals surface area contributed by atoms with Gasteiger partial charge in [0, 0.05) is 17.3 Å². The van der Waals surface area contributed by atoms with Gasteiger partial charge in [-0.25, -0.2) is 4.79 Å². The van der Waals surface area contributed by atoms with Gasteiger partial charge < -0.3 is 10.8 Å². The summed E-state index contributed by atoms with van der Waals surface area (Å²) in [5.74, 6) is -1.68. The molecule has 0 radical (unpaired) electrons. The third-order valence-corrected chi connectivity index (χ3v) is 2.48. The van der Waals surface area contributed by atoms with Crippen LogP contribution in [-0.4, -0.2) is 22.0 Å². The average Bonchev–Trinajstić information content (AvgIpc) is 2.39. The van der Waals surface area contributed by atoms with E-state index in [4.69, 9.17) is 10.8 Å². The van der Waals surface area contributed by atoms with Gasteiger partial charge in [-0.3, -0.25) is 9.78 Å². The van der Waals surface area contributed by atoms with Gasteiger partial charge in [0.1, 0.15) is 0 Å². The fourth-order valence-electron chi connectivity index (χ4n) is 1.62. The number of rotatable bonds is 3. The maximum Gasteiger partial charge on any atom is 0.336 e. The Bertz CT molecular complexity index is 609. The van der Waals surface area contributed by atoms with E-state index in [2.05, 4.69) is 4.98 Å². The summed E-state index contributed by atoms with van der Waals surface area (Å²) in [6.45, 7) is 0. The van der Waals surface area contributed by atoms with Crippen LogP contribution < -0.4 is 5.73 Å². The summed E-state index contributed by atoms with van der Waals surface area (Å²) in [6, 6.07) is 9.32. The smallest absolute Gasteiger partial charge is 0.336 e. The molecule has 90 valence electrons. The molecule has 2 aromatic rings. The maximum absolute atomic E-state index is 11.1. The van der Waals surface area contributed by atoms with E-state index in [1.54, 1.807) is 24.4 Å². The number of benzene rings is 1. The quantitative estimate of drug-likeness (QED) is 0.853. The highest BCUT2D eigenvalue weighted by Gasteiger charge is 2.14. The fourth-order valence-corrected chi connectivity index (χ4v) is 1.62. The van der Waals surface area contributed by atoms with Gasteiger partial charge >= 0.3 is 5.97 Å². The van der Waals surface area contributed by atoms with Crippen molar-refractivity contribution in [2.24, 2.45) is 5.73 Å². The highest BCUT2D eigenvalue weighted by Crippen LogP contribution is 2.23. The van der Waals surface area contributed by atoms with Crippen LogP contribution in [0.15, 0.2) is 42.6 Å². The van der Waals surface area contributed by atoms with Crippen LogP contribution in [0.3, 0.4) is 0 Å². The second-order valence-electron chi connectivity index (χ2n) is 3.64. The summed E-state index contributed by atoms with van der Waals surface area (Å²) in [5.41, 5.74) is 6.37. The first-order valence-electron chi connectivity index (χ1n) is 5.18. The zero-order valence-electron chi connectivity index (χ0n) is 9.33. The summed E-state index contributed by atoms with van der Waals surface area (Å²) in [4.78, 5) is 26.3. The molecule has 3 N–H and O–H groups in total. The molecule has 0 spiro atoms. The Morgan fingerprint density at radius 2 is 1.94 bits per heavy atom. The van der Waals surface area contributed by atoms with Crippen LogP contribution in [0.25, 0.3) is 11.3 Å². The number of pyridine rings is 1. The number of carbonyl (C=O) groups excluding carboxylic acids is 1. The molecule has 0 unspecified atom stereocenters. The van der Waals surface area contributed by atoms with Crippen LogP contribution in [0, 0.1) is 0 Å². The summed E-state index contributed by atoms with van der Waals surface area (Å²) in [5, 5.41) is 9.11. The molecule has 0 aliphatic rings. The Kier molecular flexibility index (Phi) is 3.05. The molecule has 1 aromatic carbocycles. The van der Waals surface area contributed by atoms with Crippen molar-refractivity contribution in [3.8, 4) is 11.3 Å². The normalized spacial score (nSPS) is 10.0. The van der Waals surface area contributed by atoms with Crippen molar-refractivity contribution in [2.45, 2.75) is 0 Å². The van der Waals surface area contributed by atoms with E-state index in [1.165, 1.54) is 18.2 Å². The van der Waals surface area contributed by atoms with E-state index in [1.807, 2.05) is 0 Å². The zero-order chi connectivity index (χ0) is 13.1. The molecule has 1 heterocycles. The summed E-state index contributed by atoms with van der Waals surface area (Å²) in [6.07, 6.45) is 1.55. The van der Waals surface area contributed by atoms with Gasteiger partial charge in [-0.05, 0) is 30.3 Å². The van der Waals surface area contributed by atoms with Gasteiger partial charge in [0.2, 0.25) is 5.91 Å². The van der Waals surface area contributed by atoms with E-state index in [0.29, 0.717) is 11.3 Å². The van der Waals surface area contributed by atoms with Crippen molar-refractivity contribution in [3.05, 3.63) is 53.7 Å². The summed E-state index contributed by atoms with van der Waals surface area (Å²) >= 11 is 0. The van der Waals surface area contributed by atoms with Gasteiger partial charge in [-0.2, -0.15) is 0 Å². The molecule has 5 heteroatoms. The van der Waals surface area contributed by atoms with E-state index < -0.39 is 11.9 Å². The molecule has 1 amide bonds. The van der Waals surface area contributed by atoms with Gasteiger partial charge in [0.05, 0.1) is 11.3 Å². The Hall–Kier alpha value is -2.69. The number of hydrogen-bond donors (Lipinski definition) is 2. The third kappa shape index (κ3) is 2.20. The largest absolute Gasteiger partial charge is 0.478 e. The first-order valence-corrected chi connectivity index (χ1v) is 5.18. The molecular formula is C13H10N2O3. The van der Waals surface area contributed by atoms with Crippen molar-refractivity contribution < 1.29 is 14.7 Å².